The molecule has 1 amide bonds. The first-order valence-corrected chi connectivity index (χ1v) is 13.1. The van der Waals surface area contributed by atoms with Crippen molar-refractivity contribution in [3.8, 4) is 5.75 Å². The number of nitrogens with one attached hydrogen (secondary N) is 2. The first kappa shape index (κ1) is 25.0. The zero-order valence-corrected chi connectivity index (χ0v) is 20.5. The maximum Gasteiger partial charge on any atom is 0.251 e. The number of carbonyl (C=O) groups excluding carboxylic acids is 1. The van der Waals surface area contributed by atoms with Gasteiger partial charge in [0.2, 0.25) is 10.0 Å². The van der Waals surface area contributed by atoms with E-state index in [1.165, 1.54) is 19.2 Å². The second kappa shape index (κ2) is 11.5. The van der Waals surface area contributed by atoms with Crippen molar-refractivity contribution < 1.29 is 27.1 Å². The molecule has 1 heterocycles. The molecule has 1 fully saturated rings. The van der Waals surface area contributed by atoms with E-state index in [1.54, 1.807) is 12.3 Å². The summed E-state index contributed by atoms with van der Waals surface area (Å²) in [5.41, 5.74) is 2.12. The standard InChI is InChI=1S/C26H30N2O6S/c1-32-24-12-11-21(15-25(24)35(30,31)28-22-8-2-3-9-22)26(29)27-16-19-6-4-7-20(14-19)17-33-18-23-10-5-13-34-23/h4-7,10-15,22,28H,2-3,8-9,16-18H2,1H3,(H,27,29). The van der Waals surface area contributed by atoms with Crippen molar-refractivity contribution >= 4 is 15.9 Å². The van der Waals surface area contributed by atoms with Crippen molar-refractivity contribution in [1.29, 1.82) is 0 Å². The Kier molecular flexibility index (Phi) is 8.22. The van der Waals surface area contributed by atoms with Gasteiger partial charge in [-0.1, -0.05) is 37.1 Å². The molecule has 1 aromatic heterocycles. The van der Waals surface area contributed by atoms with Crippen LogP contribution in [0.25, 0.3) is 0 Å². The second-order valence-corrected chi connectivity index (χ2v) is 10.2. The molecule has 9 heteroatoms. The molecule has 0 spiro atoms. The van der Waals surface area contributed by atoms with Gasteiger partial charge in [-0.3, -0.25) is 4.79 Å². The van der Waals surface area contributed by atoms with Gasteiger partial charge in [0, 0.05) is 18.2 Å². The molecule has 0 saturated heterocycles. The average molecular weight is 499 g/mol. The molecular formula is C26H30N2O6S. The van der Waals surface area contributed by atoms with Crippen LogP contribution >= 0.6 is 0 Å². The highest BCUT2D eigenvalue weighted by atomic mass is 32.2. The molecule has 0 aliphatic heterocycles. The lowest BCUT2D eigenvalue weighted by molar-refractivity contribution is 0.0928. The van der Waals surface area contributed by atoms with Gasteiger partial charge in [0.15, 0.2) is 0 Å². The first-order valence-electron chi connectivity index (χ1n) is 11.6. The van der Waals surface area contributed by atoms with Gasteiger partial charge in [0.1, 0.15) is 23.0 Å². The molecule has 186 valence electrons. The van der Waals surface area contributed by atoms with Gasteiger partial charge in [0.05, 0.1) is 20.0 Å². The highest BCUT2D eigenvalue weighted by molar-refractivity contribution is 7.89. The summed E-state index contributed by atoms with van der Waals surface area (Å²) in [7, 11) is -2.40. The second-order valence-electron chi connectivity index (χ2n) is 8.54. The van der Waals surface area contributed by atoms with E-state index >= 15 is 0 Å². The third kappa shape index (κ3) is 6.72. The van der Waals surface area contributed by atoms with E-state index in [1.807, 2.05) is 36.4 Å². The van der Waals surface area contributed by atoms with Gasteiger partial charge in [-0.2, -0.15) is 0 Å². The van der Waals surface area contributed by atoms with Crippen LogP contribution in [0.2, 0.25) is 0 Å². The summed E-state index contributed by atoms with van der Waals surface area (Å²) in [4.78, 5) is 12.8. The zero-order valence-electron chi connectivity index (χ0n) is 19.7. The predicted molar refractivity (Wildman–Crippen MR) is 130 cm³/mol. The minimum Gasteiger partial charge on any atom is -0.495 e. The maximum atomic E-state index is 13.0. The van der Waals surface area contributed by atoms with E-state index in [-0.39, 0.29) is 28.2 Å². The number of hydrogen-bond acceptors (Lipinski definition) is 6. The lowest BCUT2D eigenvalue weighted by Gasteiger charge is -2.16. The van der Waals surface area contributed by atoms with Crippen molar-refractivity contribution in [3.05, 3.63) is 83.3 Å². The number of methoxy groups -OCH3 is 1. The van der Waals surface area contributed by atoms with E-state index in [0.29, 0.717) is 19.8 Å². The van der Waals surface area contributed by atoms with E-state index in [2.05, 4.69) is 10.0 Å². The number of sulfonamides is 1. The Morgan fingerprint density at radius 2 is 1.83 bits per heavy atom. The molecule has 1 aliphatic carbocycles. The Hall–Kier alpha value is -3.14. The summed E-state index contributed by atoms with van der Waals surface area (Å²) in [6.45, 7) is 1.09. The topological polar surface area (TPSA) is 107 Å². The Morgan fingerprint density at radius 1 is 1.03 bits per heavy atom. The summed E-state index contributed by atoms with van der Waals surface area (Å²) in [5.74, 6) is 0.589. The Labute approximate surface area is 205 Å². The fourth-order valence-corrected chi connectivity index (χ4v) is 5.63. The monoisotopic (exact) mass is 498 g/mol. The molecule has 2 aromatic carbocycles. The number of furan rings is 1. The van der Waals surface area contributed by atoms with Gasteiger partial charge in [-0.05, 0) is 54.3 Å². The molecular weight excluding hydrogens is 468 g/mol. The van der Waals surface area contributed by atoms with Gasteiger partial charge in [-0.25, -0.2) is 13.1 Å². The highest BCUT2D eigenvalue weighted by Gasteiger charge is 2.26. The average Bonchev–Trinajstić information content (AvgIpc) is 3.57. The summed E-state index contributed by atoms with van der Waals surface area (Å²) in [6.07, 6.45) is 5.24. The third-order valence-corrected chi connectivity index (χ3v) is 7.47. The Morgan fingerprint density at radius 3 is 2.57 bits per heavy atom. The van der Waals surface area contributed by atoms with Crippen LogP contribution in [0.3, 0.4) is 0 Å². The smallest absolute Gasteiger partial charge is 0.251 e. The van der Waals surface area contributed by atoms with Crippen molar-refractivity contribution in [3.63, 3.8) is 0 Å². The number of benzene rings is 2. The fourth-order valence-electron chi connectivity index (χ4n) is 4.13. The maximum absolute atomic E-state index is 13.0. The van der Waals surface area contributed by atoms with Crippen molar-refractivity contribution in [1.82, 2.24) is 10.0 Å². The molecule has 3 aromatic rings. The number of ether oxygens (including phenoxy) is 2. The molecule has 35 heavy (non-hydrogen) atoms. The summed E-state index contributed by atoms with van der Waals surface area (Å²) in [6, 6.07) is 15.7. The van der Waals surface area contributed by atoms with E-state index < -0.39 is 10.0 Å². The molecule has 4 rings (SSSR count). The number of carbonyl (C=O) groups is 1. The largest absolute Gasteiger partial charge is 0.495 e. The van der Waals surface area contributed by atoms with Crippen molar-refractivity contribution in [2.75, 3.05) is 7.11 Å². The Balaban J connectivity index is 1.38. The van der Waals surface area contributed by atoms with Crippen LogP contribution in [0.15, 0.2) is 70.2 Å². The normalized spacial score (nSPS) is 14.2. The summed E-state index contributed by atoms with van der Waals surface area (Å²) >= 11 is 0. The highest BCUT2D eigenvalue weighted by Crippen LogP contribution is 2.27. The number of rotatable bonds is 11. The van der Waals surface area contributed by atoms with Crippen LogP contribution in [0.4, 0.5) is 0 Å². The van der Waals surface area contributed by atoms with Crippen LogP contribution in [-0.4, -0.2) is 27.5 Å². The van der Waals surface area contributed by atoms with Crippen LogP contribution < -0.4 is 14.8 Å². The van der Waals surface area contributed by atoms with Gasteiger partial charge in [-0.15, -0.1) is 0 Å². The SMILES string of the molecule is COc1ccc(C(=O)NCc2cccc(COCc3ccco3)c2)cc1S(=O)(=O)NC1CCCC1. The predicted octanol–water partition coefficient (Wildman–Crippen LogP) is 4.16. The molecule has 1 saturated carbocycles. The first-order chi connectivity index (χ1) is 16.9. The quantitative estimate of drug-likeness (QED) is 0.411. The molecule has 0 bridgehead atoms. The summed E-state index contributed by atoms with van der Waals surface area (Å²) < 4.78 is 44.9. The minimum absolute atomic E-state index is 0.0322. The van der Waals surface area contributed by atoms with Crippen LogP contribution in [0.5, 0.6) is 5.75 Å². The lowest BCUT2D eigenvalue weighted by atomic mass is 10.1. The Bertz CT molecular complexity index is 1230. The third-order valence-electron chi connectivity index (χ3n) is 5.93. The molecule has 0 unspecified atom stereocenters. The van der Waals surface area contributed by atoms with Crippen LogP contribution in [0, 0.1) is 0 Å². The number of amides is 1. The van der Waals surface area contributed by atoms with Crippen molar-refractivity contribution in [2.24, 2.45) is 0 Å². The molecule has 1 aliphatic rings. The number of hydrogen-bond donors (Lipinski definition) is 2. The van der Waals surface area contributed by atoms with Crippen molar-refractivity contribution in [2.45, 2.75) is 56.4 Å². The van der Waals surface area contributed by atoms with Gasteiger partial charge >= 0.3 is 0 Å². The van der Waals surface area contributed by atoms with Crippen LogP contribution in [0.1, 0.15) is 52.9 Å². The summed E-state index contributed by atoms with van der Waals surface area (Å²) in [5, 5.41) is 2.86. The fraction of sp³-hybridized carbons (Fsp3) is 0.346. The minimum atomic E-state index is -3.82. The van der Waals surface area contributed by atoms with Crippen LogP contribution in [-0.2, 0) is 34.5 Å². The molecule has 2 N–H and O–H groups in total. The molecule has 8 nitrogen and oxygen atoms in total. The van der Waals surface area contributed by atoms with Gasteiger partial charge in [0.25, 0.3) is 5.91 Å². The van der Waals surface area contributed by atoms with E-state index in [4.69, 9.17) is 13.9 Å². The molecule has 0 atom stereocenters. The van der Waals surface area contributed by atoms with E-state index in [9.17, 15) is 13.2 Å². The van der Waals surface area contributed by atoms with E-state index in [0.717, 1.165) is 42.6 Å². The molecule has 0 radical (unpaired) electrons. The van der Waals surface area contributed by atoms with Gasteiger partial charge < -0.3 is 19.2 Å². The zero-order chi connectivity index (χ0) is 24.7. The lowest BCUT2D eigenvalue weighted by Crippen LogP contribution is -2.33.